The molecular formula is C21H26ClN7O2. The van der Waals surface area contributed by atoms with Crippen LogP contribution in [-0.2, 0) is 4.79 Å². The number of nitrogens with one attached hydrogen (secondary N) is 2. The summed E-state index contributed by atoms with van der Waals surface area (Å²) >= 11 is 5.96. The Kier molecular flexibility index (Phi) is 6.35. The molecular weight excluding hydrogens is 418 g/mol. The Morgan fingerprint density at radius 2 is 2.00 bits per heavy atom. The van der Waals surface area contributed by atoms with Crippen molar-refractivity contribution in [2.45, 2.75) is 37.3 Å². The van der Waals surface area contributed by atoms with E-state index in [1.807, 2.05) is 12.1 Å². The second kappa shape index (κ2) is 9.17. The number of benzene rings is 1. The summed E-state index contributed by atoms with van der Waals surface area (Å²) in [6.07, 6.45) is 5.08. The Labute approximate surface area is 185 Å². The number of aliphatic hydroxyl groups excluding tert-OH is 1. The molecule has 3 heterocycles. The number of imidazole rings is 1. The number of H-pyrrole nitrogens is 1. The highest BCUT2D eigenvalue weighted by molar-refractivity contribution is 6.30. The normalized spacial score (nSPS) is 16.9. The summed E-state index contributed by atoms with van der Waals surface area (Å²) in [5.41, 5.74) is 8.34. The van der Waals surface area contributed by atoms with E-state index in [-0.39, 0.29) is 25.0 Å². The molecule has 0 aliphatic carbocycles. The molecule has 10 heteroatoms. The number of aliphatic hydroxyl groups is 1. The first-order chi connectivity index (χ1) is 15.0. The molecule has 1 amide bonds. The average molecular weight is 444 g/mol. The standard InChI is InChI=1S/C21H26ClN7O2/c22-15-3-1-14(2-4-15)16(5-10-30)28-17(31)11-21(23)6-8-29(9-7-21)20-18-19(25-12-24-18)26-13-27-20/h1-4,12-13,16,30H,5-11,23H2,(H,28,31)(H,24,25,26,27)/t16-/m0/s1. The van der Waals surface area contributed by atoms with Crippen molar-refractivity contribution in [3.8, 4) is 0 Å². The summed E-state index contributed by atoms with van der Waals surface area (Å²) in [6, 6.07) is 6.98. The lowest BCUT2D eigenvalue weighted by Crippen LogP contribution is -2.53. The fraction of sp³-hybridized carbons (Fsp3) is 0.429. The molecule has 0 saturated carbocycles. The first-order valence-corrected chi connectivity index (χ1v) is 10.7. The SMILES string of the molecule is NC1(CC(=O)N[C@@H](CCO)c2ccc(Cl)cc2)CCN(c2ncnc3nc[nH]c23)CC1. The molecule has 1 saturated heterocycles. The highest BCUT2D eigenvalue weighted by atomic mass is 35.5. The van der Waals surface area contributed by atoms with E-state index < -0.39 is 5.54 Å². The molecule has 1 aliphatic heterocycles. The summed E-state index contributed by atoms with van der Waals surface area (Å²) in [5.74, 6) is 0.682. The zero-order chi connectivity index (χ0) is 21.8. The van der Waals surface area contributed by atoms with E-state index in [0.29, 0.717) is 43.0 Å². The maximum atomic E-state index is 12.8. The van der Waals surface area contributed by atoms with Gasteiger partial charge in [0.15, 0.2) is 11.5 Å². The number of halogens is 1. The lowest BCUT2D eigenvalue weighted by atomic mass is 9.85. The van der Waals surface area contributed by atoms with Gasteiger partial charge in [0.25, 0.3) is 0 Å². The molecule has 1 aliphatic rings. The van der Waals surface area contributed by atoms with Gasteiger partial charge in [-0.15, -0.1) is 0 Å². The van der Waals surface area contributed by atoms with Crippen LogP contribution < -0.4 is 16.0 Å². The van der Waals surface area contributed by atoms with Crippen molar-refractivity contribution < 1.29 is 9.90 Å². The molecule has 9 nitrogen and oxygen atoms in total. The minimum Gasteiger partial charge on any atom is -0.396 e. The molecule has 1 fully saturated rings. The van der Waals surface area contributed by atoms with E-state index in [1.54, 1.807) is 18.5 Å². The third-order valence-electron chi connectivity index (χ3n) is 5.80. The minimum atomic E-state index is -0.593. The van der Waals surface area contributed by atoms with Crippen LogP contribution in [0.1, 0.15) is 37.3 Å². The maximum absolute atomic E-state index is 12.8. The maximum Gasteiger partial charge on any atom is 0.222 e. The number of rotatable bonds is 7. The van der Waals surface area contributed by atoms with Crippen molar-refractivity contribution in [3.05, 3.63) is 47.5 Å². The number of fused-ring (bicyclic) bond motifs is 1. The molecule has 1 aromatic carbocycles. The van der Waals surface area contributed by atoms with E-state index in [1.165, 1.54) is 6.33 Å². The molecule has 0 unspecified atom stereocenters. The van der Waals surface area contributed by atoms with Crippen LogP contribution in [-0.4, -0.2) is 56.2 Å². The Balaban J connectivity index is 1.37. The first-order valence-electron chi connectivity index (χ1n) is 10.3. The van der Waals surface area contributed by atoms with E-state index >= 15 is 0 Å². The van der Waals surface area contributed by atoms with Crippen LogP contribution in [0.5, 0.6) is 0 Å². The molecule has 3 aromatic rings. The highest BCUT2D eigenvalue weighted by Crippen LogP contribution is 2.29. The second-order valence-corrected chi connectivity index (χ2v) is 8.44. The monoisotopic (exact) mass is 443 g/mol. The van der Waals surface area contributed by atoms with Crippen LogP contribution in [0.25, 0.3) is 11.2 Å². The number of hydrogen-bond acceptors (Lipinski definition) is 7. The predicted molar refractivity (Wildman–Crippen MR) is 119 cm³/mol. The van der Waals surface area contributed by atoms with Gasteiger partial charge in [-0.1, -0.05) is 23.7 Å². The smallest absolute Gasteiger partial charge is 0.222 e. The van der Waals surface area contributed by atoms with Crippen molar-refractivity contribution in [1.82, 2.24) is 25.3 Å². The van der Waals surface area contributed by atoms with Crippen molar-refractivity contribution >= 4 is 34.5 Å². The number of anilines is 1. The molecule has 4 rings (SSSR count). The highest BCUT2D eigenvalue weighted by Gasteiger charge is 2.34. The Morgan fingerprint density at radius 1 is 1.26 bits per heavy atom. The molecule has 5 N–H and O–H groups in total. The number of aromatic amines is 1. The van der Waals surface area contributed by atoms with Gasteiger partial charge in [-0.25, -0.2) is 15.0 Å². The van der Waals surface area contributed by atoms with Gasteiger partial charge in [-0.2, -0.15) is 0 Å². The lowest BCUT2D eigenvalue weighted by Gasteiger charge is -2.39. The van der Waals surface area contributed by atoms with Gasteiger partial charge in [-0.05, 0) is 37.0 Å². The largest absolute Gasteiger partial charge is 0.396 e. The Morgan fingerprint density at radius 3 is 2.71 bits per heavy atom. The molecule has 0 spiro atoms. The van der Waals surface area contributed by atoms with Crippen LogP contribution in [0.2, 0.25) is 5.02 Å². The number of carbonyl (C=O) groups excluding carboxylic acids is 1. The van der Waals surface area contributed by atoms with Crippen LogP contribution in [0.4, 0.5) is 5.82 Å². The topological polar surface area (TPSA) is 133 Å². The van der Waals surface area contributed by atoms with Crippen LogP contribution in [0.15, 0.2) is 36.9 Å². The van der Waals surface area contributed by atoms with Gasteiger partial charge in [0.2, 0.25) is 5.91 Å². The van der Waals surface area contributed by atoms with E-state index in [0.717, 1.165) is 16.9 Å². The molecule has 31 heavy (non-hydrogen) atoms. The number of carbonyl (C=O) groups is 1. The second-order valence-electron chi connectivity index (χ2n) is 8.01. The number of aromatic nitrogens is 4. The van der Waals surface area contributed by atoms with Crippen molar-refractivity contribution in [3.63, 3.8) is 0 Å². The zero-order valence-corrected chi connectivity index (χ0v) is 17.8. The number of nitrogens with zero attached hydrogens (tertiary/aromatic N) is 4. The van der Waals surface area contributed by atoms with Gasteiger partial charge in [0.1, 0.15) is 11.8 Å². The number of amides is 1. The van der Waals surface area contributed by atoms with E-state index in [4.69, 9.17) is 17.3 Å². The number of nitrogens with two attached hydrogens (primary N) is 1. The van der Waals surface area contributed by atoms with Crippen molar-refractivity contribution in [1.29, 1.82) is 0 Å². The average Bonchev–Trinajstić information content (AvgIpc) is 3.23. The number of piperidine rings is 1. The third kappa shape index (κ3) is 4.95. The molecule has 2 aromatic heterocycles. The van der Waals surface area contributed by atoms with E-state index in [2.05, 4.69) is 30.2 Å². The van der Waals surface area contributed by atoms with Crippen LogP contribution in [0, 0.1) is 0 Å². The summed E-state index contributed by atoms with van der Waals surface area (Å²) in [4.78, 5) is 30.8. The minimum absolute atomic E-state index is 0.0305. The lowest BCUT2D eigenvalue weighted by molar-refractivity contribution is -0.123. The van der Waals surface area contributed by atoms with Gasteiger partial charge in [-0.3, -0.25) is 4.79 Å². The quantitative estimate of drug-likeness (QED) is 0.438. The Hall–Kier alpha value is -2.75. The van der Waals surface area contributed by atoms with Gasteiger partial charge >= 0.3 is 0 Å². The fourth-order valence-corrected chi connectivity index (χ4v) is 4.17. The third-order valence-corrected chi connectivity index (χ3v) is 6.05. The number of hydrogen-bond donors (Lipinski definition) is 4. The van der Waals surface area contributed by atoms with Crippen LogP contribution in [0.3, 0.4) is 0 Å². The van der Waals surface area contributed by atoms with Crippen molar-refractivity contribution in [2.24, 2.45) is 5.73 Å². The summed E-state index contributed by atoms with van der Waals surface area (Å²) in [6.45, 7) is 1.34. The van der Waals surface area contributed by atoms with Crippen molar-refractivity contribution in [2.75, 3.05) is 24.6 Å². The molecule has 164 valence electrons. The molecule has 0 radical (unpaired) electrons. The Bertz CT molecular complexity index is 1030. The van der Waals surface area contributed by atoms with E-state index in [9.17, 15) is 9.90 Å². The zero-order valence-electron chi connectivity index (χ0n) is 17.1. The molecule has 0 bridgehead atoms. The first kappa shape index (κ1) is 21.5. The fourth-order valence-electron chi connectivity index (χ4n) is 4.04. The summed E-state index contributed by atoms with van der Waals surface area (Å²) in [5, 5.41) is 13.1. The molecule has 1 atom stereocenters. The predicted octanol–water partition coefficient (Wildman–Crippen LogP) is 1.93. The van der Waals surface area contributed by atoms with Gasteiger partial charge in [0.05, 0.1) is 12.4 Å². The van der Waals surface area contributed by atoms with Gasteiger partial charge in [0, 0.05) is 36.7 Å². The van der Waals surface area contributed by atoms with Gasteiger partial charge < -0.3 is 26.0 Å². The summed E-state index contributed by atoms with van der Waals surface area (Å²) < 4.78 is 0. The summed E-state index contributed by atoms with van der Waals surface area (Å²) in [7, 11) is 0. The van der Waals surface area contributed by atoms with Crippen LogP contribution >= 0.6 is 11.6 Å².